The van der Waals surface area contributed by atoms with Crippen molar-refractivity contribution in [1.82, 2.24) is 0 Å². The molecule has 7 aromatic rings. The van der Waals surface area contributed by atoms with Crippen molar-refractivity contribution in [3.63, 3.8) is 0 Å². The molecule has 220 valence electrons. The van der Waals surface area contributed by atoms with Gasteiger partial charge in [-0.25, -0.2) is 0 Å². The molecular formula is C45H35N. The van der Waals surface area contributed by atoms with Crippen molar-refractivity contribution >= 4 is 17.1 Å². The first-order valence-corrected chi connectivity index (χ1v) is 16.0. The zero-order chi connectivity index (χ0) is 31.1. The van der Waals surface area contributed by atoms with Crippen LogP contribution in [0.4, 0.5) is 17.1 Å². The Morgan fingerprint density at radius 2 is 0.739 bits per heavy atom. The van der Waals surface area contributed by atoms with E-state index >= 15 is 0 Å². The van der Waals surface area contributed by atoms with Crippen molar-refractivity contribution in [1.29, 1.82) is 0 Å². The van der Waals surface area contributed by atoms with Crippen LogP contribution in [0.25, 0.3) is 44.5 Å². The molecule has 0 fully saturated rings. The topological polar surface area (TPSA) is 3.24 Å². The Balaban J connectivity index is 1.24. The highest BCUT2D eigenvalue weighted by Crippen LogP contribution is 2.50. The predicted octanol–water partition coefficient (Wildman–Crippen LogP) is 12.5. The number of benzene rings is 7. The summed E-state index contributed by atoms with van der Waals surface area (Å²) in [5, 5.41) is 0. The van der Waals surface area contributed by atoms with Crippen LogP contribution in [0.1, 0.15) is 25.0 Å². The predicted molar refractivity (Wildman–Crippen MR) is 195 cm³/mol. The maximum atomic E-state index is 2.38. The first-order chi connectivity index (χ1) is 22.6. The molecule has 1 aliphatic carbocycles. The van der Waals surface area contributed by atoms with E-state index in [0.29, 0.717) is 0 Å². The monoisotopic (exact) mass is 589 g/mol. The molecule has 0 atom stereocenters. The molecule has 1 aliphatic rings. The second kappa shape index (κ2) is 11.4. The average Bonchev–Trinajstić information content (AvgIpc) is 3.35. The van der Waals surface area contributed by atoms with Gasteiger partial charge < -0.3 is 4.90 Å². The largest absolute Gasteiger partial charge is 0.310 e. The fourth-order valence-corrected chi connectivity index (χ4v) is 7.12. The van der Waals surface area contributed by atoms with E-state index in [9.17, 15) is 0 Å². The standard InChI is InChI=1S/C45H35N/c1-45(2)43-20-12-11-19-41(43)42-31-38(29-30-44(42)45)46(36-25-21-33(22-26-36)32-13-5-3-6-14-32)37-27-23-35(24-28-37)40-18-10-9-17-39(40)34-15-7-4-8-16-34/h3-31H,1-2H3. The van der Waals surface area contributed by atoms with E-state index in [1.165, 1.54) is 55.6 Å². The van der Waals surface area contributed by atoms with Crippen molar-refractivity contribution in [3.8, 4) is 44.5 Å². The minimum atomic E-state index is -0.0274. The van der Waals surface area contributed by atoms with Gasteiger partial charge in [-0.3, -0.25) is 0 Å². The number of anilines is 3. The molecule has 0 N–H and O–H groups in total. The SMILES string of the molecule is CC1(C)c2ccccc2-c2cc(N(c3ccc(-c4ccccc4)cc3)c3ccc(-c4ccccc4-c4ccccc4)cc3)ccc21. The van der Waals surface area contributed by atoms with Crippen LogP contribution in [-0.2, 0) is 5.41 Å². The van der Waals surface area contributed by atoms with Gasteiger partial charge in [-0.05, 0) is 92.0 Å². The molecule has 7 aromatic carbocycles. The molecular weight excluding hydrogens is 555 g/mol. The molecule has 0 aliphatic heterocycles. The van der Waals surface area contributed by atoms with Gasteiger partial charge in [-0.1, -0.05) is 153 Å². The van der Waals surface area contributed by atoms with Crippen LogP contribution in [0.15, 0.2) is 176 Å². The quantitative estimate of drug-likeness (QED) is 0.186. The zero-order valence-electron chi connectivity index (χ0n) is 26.2. The highest BCUT2D eigenvalue weighted by Gasteiger charge is 2.35. The molecule has 0 radical (unpaired) electrons. The van der Waals surface area contributed by atoms with E-state index in [4.69, 9.17) is 0 Å². The number of hydrogen-bond donors (Lipinski definition) is 0. The second-order valence-corrected chi connectivity index (χ2v) is 12.6. The molecule has 1 heteroatoms. The van der Waals surface area contributed by atoms with Crippen molar-refractivity contribution in [2.45, 2.75) is 19.3 Å². The first-order valence-electron chi connectivity index (χ1n) is 16.0. The maximum absolute atomic E-state index is 2.38. The summed E-state index contributed by atoms with van der Waals surface area (Å²) in [6.45, 7) is 4.67. The molecule has 1 nitrogen and oxygen atoms in total. The first kappa shape index (κ1) is 27.9. The summed E-state index contributed by atoms with van der Waals surface area (Å²) in [4.78, 5) is 2.38. The highest BCUT2D eigenvalue weighted by atomic mass is 15.1. The van der Waals surface area contributed by atoms with E-state index in [1.54, 1.807) is 0 Å². The van der Waals surface area contributed by atoms with Gasteiger partial charge in [0.1, 0.15) is 0 Å². The minimum Gasteiger partial charge on any atom is -0.310 e. The van der Waals surface area contributed by atoms with Crippen molar-refractivity contribution in [3.05, 3.63) is 187 Å². The molecule has 0 unspecified atom stereocenters. The summed E-state index contributed by atoms with van der Waals surface area (Å²) >= 11 is 0. The third kappa shape index (κ3) is 4.82. The van der Waals surface area contributed by atoms with E-state index in [0.717, 1.165) is 17.1 Å². The molecule has 8 rings (SSSR count). The Morgan fingerprint density at radius 1 is 0.326 bits per heavy atom. The van der Waals surface area contributed by atoms with Gasteiger partial charge in [0.15, 0.2) is 0 Å². The van der Waals surface area contributed by atoms with E-state index in [-0.39, 0.29) is 5.41 Å². The lowest BCUT2D eigenvalue weighted by Crippen LogP contribution is -2.15. The molecule has 46 heavy (non-hydrogen) atoms. The number of nitrogens with zero attached hydrogens (tertiary/aromatic N) is 1. The van der Waals surface area contributed by atoms with Crippen LogP contribution in [0.2, 0.25) is 0 Å². The molecule has 0 aromatic heterocycles. The minimum absolute atomic E-state index is 0.0274. The Bertz CT molecular complexity index is 2140. The van der Waals surface area contributed by atoms with Crippen molar-refractivity contribution in [2.75, 3.05) is 4.90 Å². The lowest BCUT2D eigenvalue weighted by atomic mass is 9.82. The lowest BCUT2D eigenvalue weighted by Gasteiger charge is -2.27. The molecule has 0 spiro atoms. The summed E-state index contributed by atoms with van der Waals surface area (Å²) in [7, 11) is 0. The normalized spacial score (nSPS) is 12.7. The summed E-state index contributed by atoms with van der Waals surface area (Å²) in [6, 6.07) is 63.7. The fourth-order valence-electron chi connectivity index (χ4n) is 7.12. The Morgan fingerprint density at radius 3 is 1.35 bits per heavy atom. The van der Waals surface area contributed by atoms with Gasteiger partial charge >= 0.3 is 0 Å². The van der Waals surface area contributed by atoms with Crippen LogP contribution in [-0.4, -0.2) is 0 Å². The van der Waals surface area contributed by atoms with Gasteiger partial charge in [0, 0.05) is 22.5 Å². The van der Waals surface area contributed by atoms with Gasteiger partial charge in [0.2, 0.25) is 0 Å². The van der Waals surface area contributed by atoms with Crippen LogP contribution in [0.3, 0.4) is 0 Å². The summed E-state index contributed by atoms with van der Waals surface area (Å²) in [6.07, 6.45) is 0. The van der Waals surface area contributed by atoms with E-state index < -0.39 is 0 Å². The number of hydrogen-bond acceptors (Lipinski definition) is 1. The van der Waals surface area contributed by atoms with Crippen molar-refractivity contribution in [2.24, 2.45) is 0 Å². The summed E-state index contributed by atoms with van der Waals surface area (Å²) in [5.41, 5.74) is 16.1. The van der Waals surface area contributed by atoms with Crippen LogP contribution < -0.4 is 4.90 Å². The molecule has 0 amide bonds. The van der Waals surface area contributed by atoms with E-state index in [2.05, 4.69) is 195 Å². The number of fused-ring (bicyclic) bond motifs is 3. The van der Waals surface area contributed by atoms with E-state index in [1.807, 2.05) is 0 Å². The zero-order valence-corrected chi connectivity index (χ0v) is 26.2. The Kier molecular flexibility index (Phi) is 6.88. The third-order valence-corrected chi connectivity index (χ3v) is 9.51. The van der Waals surface area contributed by atoms with Crippen LogP contribution in [0.5, 0.6) is 0 Å². The van der Waals surface area contributed by atoms with Gasteiger partial charge in [-0.2, -0.15) is 0 Å². The maximum Gasteiger partial charge on any atom is 0.0468 e. The van der Waals surface area contributed by atoms with Gasteiger partial charge in [-0.15, -0.1) is 0 Å². The summed E-state index contributed by atoms with van der Waals surface area (Å²) in [5.74, 6) is 0. The smallest absolute Gasteiger partial charge is 0.0468 e. The lowest BCUT2D eigenvalue weighted by molar-refractivity contribution is 0.660. The molecule has 0 bridgehead atoms. The van der Waals surface area contributed by atoms with Crippen LogP contribution >= 0.6 is 0 Å². The fraction of sp³-hybridized carbons (Fsp3) is 0.0667. The van der Waals surface area contributed by atoms with Gasteiger partial charge in [0.05, 0.1) is 0 Å². The van der Waals surface area contributed by atoms with Gasteiger partial charge in [0.25, 0.3) is 0 Å². The molecule has 0 heterocycles. The molecule has 0 saturated carbocycles. The second-order valence-electron chi connectivity index (χ2n) is 12.6. The van der Waals surface area contributed by atoms with Crippen molar-refractivity contribution < 1.29 is 0 Å². The molecule has 0 saturated heterocycles. The summed E-state index contributed by atoms with van der Waals surface area (Å²) < 4.78 is 0. The van der Waals surface area contributed by atoms with Crippen LogP contribution in [0, 0.1) is 0 Å². The average molecular weight is 590 g/mol. The Hall–Kier alpha value is -5.66. The Labute approximate surface area is 272 Å². The number of rotatable bonds is 6. The third-order valence-electron chi connectivity index (χ3n) is 9.51. The highest BCUT2D eigenvalue weighted by molar-refractivity contribution is 5.88.